The van der Waals surface area contributed by atoms with Crippen LogP contribution in [0.15, 0.2) is 11.5 Å². The van der Waals surface area contributed by atoms with Crippen molar-refractivity contribution in [2.24, 2.45) is 5.41 Å². The highest BCUT2D eigenvalue weighted by Crippen LogP contribution is 2.66. The van der Waals surface area contributed by atoms with Gasteiger partial charge >= 0.3 is 23.5 Å². The third-order valence-electron chi connectivity index (χ3n) is 4.52. The molecule has 0 amide bonds. The first-order chi connectivity index (χ1) is 16.8. The van der Waals surface area contributed by atoms with Crippen LogP contribution in [0.3, 0.4) is 0 Å². The Morgan fingerprint density at radius 3 is 2.32 bits per heavy atom. The molecule has 2 aromatic heterocycles. The number of hydrogen-bond acceptors (Lipinski definition) is 14. The van der Waals surface area contributed by atoms with E-state index in [0.29, 0.717) is 10.9 Å². The summed E-state index contributed by atoms with van der Waals surface area (Å²) < 4.78 is 53.1. The molecule has 6 atom stereocenters. The molecule has 0 aromatic carbocycles. The van der Waals surface area contributed by atoms with Crippen LogP contribution in [-0.4, -0.2) is 80.0 Å². The Hall–Kier alpha value is -1.01. The molecule has 18 nitrogen and oxygen atoms in total. The lowest BCUT2D eigenvalue weighted by atomic mass is 10.0. The molecule has 1 fully saturated rings. The third kappa shape index (κ3) is 8.00. The summed E-state index contributed by atoms with van der Waals surface area (Å²) in [5.41, 5.74) is 6.16. The van der Waals surface area contributed by atoms with Crippen molar-refractivity contribution >= 4 is 52.2 Å². The topological polar surface area (TPSA) is 279 Å². The van der Waals surface area contributed by atoms with Crippen LogP contribution < -0.4 is 5.73 Å². The van der Waals surface area contributed by atoms with Crippen LogP contribution in [0, 0.1) is 5.41 Å². The molecular formula is C15H26N5O13P3S. The molecule has 8 N–H and O–H groups in total. The molecule has 0 saturated carbocycles. The Balaban J connectivity index is 1.81. The molecule has 2 aromatic rings. The third-order valence-corrected chi connectivity index (χ3v) is 9.88. The van der Waals surface area contributed by atoms with Gasteiger partial charge < -0.3 is 40.3 Å². The van der Waals surface area contributed by atoms with E-state index in [1.54, 1.807) is 0 Å². The van der Waals surface area contributed by atoms with Gasteiger partial charge in [-0.25, -0.2) is 28.6 Å². The fourth-order valence-electron chi connectivity index (χ4n) is 3.07. The largest absolute Gasteiger partial charge is 0.490 e. The number of imidazole rings is 1. The number of phosphoric acid groups is 3. The van der Waals surface area contributed by atoms with E-state index in [1.807, 2.05) is 20.8 Å². The molecule has 22 heteroatoms. The monoisotopic (exact) mass is 609 g/mol. The second-order valence-electron chi connectivity index (χ2n) is 8.98. The number of ether oxygens (including phenoxy) is 1. The standard InChI is InChI=1S/C15H26N5O13P3S/c1-15(2,3)5-37-14-19-8-11(16)17-6-18-12(8)20(14)13-10(22)9(21)7(31-13)4-30-35(26,27)33-36(28,29)32-34(23,24)25/h6-7,9-10,13,21-22H,4-5H2,1-3H3,(H,26,27)(H,28,29)(H2,16,17,18)(H2,23,24,25). The van der Waals surface area contributed by atoms with Gasteiger partial charge in [0.15, 0.2) is 28.4 Å². The molecule has 1 saturated heterocycles. The van der Waals surface area contributed by atoms with E-state index in [2.05, 4.69) is 28.1 Å². The first-order valence-electron chi connectivity index (χ1n) is 10.2. The molecule has 1 aliphatic heterocycles. The predicted molar refractivity (Wildman–Crippen MR) is 126 cm³/mol. The van der Waals surface area contributed by atoms with Crippen LogP contribution in [0.2, 0.25) is 0 Å². The lowest BCUT2D eigenvalue weighted by Crippen LogP contribution is -2.33. The van der Waals surface area contributed by atoms with E-state index in [9.17, 15) is 33.7 Å². The number of aliphatic hydroxyl groups is 2. The van der Waals surface area contributed by atoms with Gasteiger partial charge in [-0.05, 0) is 5.41 Å². The van der Waals surface area contributed by atoms with Gasteiger partial charge in [-0.15, -0.1) is 0 Å². The number of fused-ring (bicyclic) bond motifs is 1. The molecule has 1 aliphatic rings. The average molecular weight is 609 g/mol. The average Bonchev–Trinajstić information content (AvgIpc) is 3.20. The normalized spacial score (nSPS) is 26.3. The second kappa shape index (κ2) is 10.9. The van der Waals surface area contributed by atoms with Crippen LogP contribution >= 0.6 is 35.2 Å². The van der Waals surface area contributed by atoms with Crippen molar-refractivity contribution < 1.29 is 61.4 Å². The first-order valence-corrected chi connectivity index (χ1v) is 15.7. The van der Waals surface area contributed by atoms with Crippen molar-refractivity contribution in [2.75, 3.05) is 18.1 Å². The molecule has 3 rings (SSSR count). The van der Waals surface area contributed by atoms with E-state index in [1.165, 1.54) is 22.7 Å². The second-order valence-corrected chi connectivity index (χ2v) is 14.3. The van der Waals surface area contributed by atoms with Gasteiger partial charge in [-0.2, -0.15) is 8.62 Å². The zero-order chi connectivity index (χ0) is 28.0. The van der Waals surface area contributed by atoms with Gasteiger partial charge in [0.05, 0.1) is 6.61 Å². The summed E-state index contributed by atoms with van der Waals surface area (Å²) >= 11 is 1.29. The highest BCUT2D eigenvalue weighted by Gasteiger charge is 2.47. The molecule has 0 radical (unpaired) electrons. The van der Waals surface area contributed by atoms with Crippen molar-refractivity contribution in [1.82, 2.24) is 19.5 Å². The number of nitrogens with zero attached hydrogens (tertiary/aromatic N) is 4. The number of rotatable bonds is 10. The summed E-state index contributed by atoms with van der Waals surface area (Å²) in [6.07, 6.45) is -4.97. The van der Waals surface area contributed by atoms with Crippen LogP contribution in [-0.2, 0) is 31.6 Å². The highest BCUT2D eigenvalue weighted by molar-refractivity contribution is 7.99. The van der Waals surface area contributed by atoms with Crippen molar-refractivity contribution in [2.45, 2.75) is 50.5 Å². The van der Waals surface area contributed by atoms with E-state index in [0.717, 1.165) is 0 Å². The maximum atomic E-state index is 12.0. The summed E-state index contributed by atoms with van der Waals surface area (Å²) in [6, 6.07) is 0. The summed E-state index contributed by atoms with van der Waals surface area (Å²) in [7, 11) is -16.8. The SMILES string of the molecule is CC(C)(C)CSc1nc2c(N)ncnc2n1C1OC(COP(=O)(O)OP(=O)(O)OP(=O)(O)O)C(O)C1O. The molecular weight excluding hydrogens is 583 g/mol. The van der Waals surface area contributed by atoms with Gasteiger partial charge in [0.25, 0.3) is 0 Å². The number of phosphoric ester groups is 1. The molecule has 3 heterocycles. The van der Waals surface area contributed by atoms with E-state index < -0.39 is 54.6 Å². The van der Waals surface area contributed by atoms with Gasteiger partial charge in [-0.1, -0.05) is 32.5 Å². The van der Waals surface area contributed by atoms with Crippen molar-refractivity contribution in [3.05, 3.63) is 6.33 Å². The zero-order valence-corrected chi connectivity index (χ0v) is 23.0. The number of aromatic nitrogens is 4. The van der Waals surface area contributed by atoms with E-state index in [-0.39, 0.29) is 22.4 Å². The summed E-state index contributed by atoms with van der Waals surface area (Å²) in [5, 5.41) is 21.5. The van der Waals surface area contributed by atoms with Crippen LogP contribution in [0.25, 0.3) is 11.2 Å². The number of nitrogens with two attached hydrogens (primary N) is 1. The lowest BCUT2D eigenvalue weighted by molar-refractivity contribution is -0.0540. The molecule has 6 unspecified atom stereocenters. The Morgan fingerprint density at radius 2 is 1.73 bits per heavy atom. The number of aliphatic hydroxyl groups excluding tert-OH is 2. The minimum atomic E-state index is -5.73. The summed E-state index contributed by atoms with van der Waals surface area (Å²) in [6.45, 7) is 5.01. The summed E-state index contributed by atoms with van der Waals surface area (Å²) in [4.78, 5) is 48.6. The Labute approximate surface area is 213 Å². The Kier molecular flexibility index (Phi) is 8.97. The van der Waals surface area contributed by atoms with Gasteiger partial charge in [-0.3, -0.25) is 9.09 Å². The van der Waals surface area contributed by atoms with Gasteiger partial charge in [0.1, 0.15) is 24.6 Å². The molecule has 0 bridgehead atoms. The number of thioether (sulfide) groups is 1. The van der Waals surface area contributed by atoms with Crippen molar-refractivity contribution in [3.8, 4) is 0 Å². The fourth-order valence-corrected chi connectivity index (χ4v) is 7.15. The molecule has 37 heavy (non-hydrogen) atoms. The number of anilines is 1. The summed E-state index contributed by atoms with van der Waals surface area (Å²) in [5.74, 6) is 0.628. The van der Waals surface area contributed by atoms with Crippen LogP contribution in [0.4, 0.5) is 5.82 Å². The first kappa shape index (κ1) is 30.5. The Morgan fingerprint density at radius 1 is 1.08 bits per heavy atom. The van der Waals surface area contributed by atoms with E-state index in [4.69, 9.17) is 20.3 Å². The van der Waals surface area contributed by atoms with Crippen LogP contribution in [0.5, 0.6) is 0 Å². The van der Waals surface area contributed by atoms with Crippen molar-refractivity contribution in [3.63, 3.8) is 0 Å². The fraction of sp³-hybridized carbons (Fsp3) is 0.667. The number of hydrogen-bond donors (Lipinski definition) is 7. The van der Waals surface area contributed by atoms with E-state index >= 15 is 0 Å². The smallest absolute Gasteiger partial charge is 0.387 e. The molecule has 0 aliphatic carbocycles. The Bertz CT molecular complexity index is 1280. The van der Waals surface area contributed by atoms with Crippen LogP contribution in [0.1, 0.15) is 27.0 Å². The minimum Gasteiger partial charge on any atom is -0.387 e. The number of nitrogen functional groups attached to an aromatic ring is 1. The highest BCUT2D eigenvalue weighted by atomic mass is 32.2. The zero-order valence-electron chi connectivity index (χ0n) is 19.5. The maximum Gasteiger partial charge on any atom is 0.490 e. The van der Waals surface area contributed by atoms with Gasteiger partial charge in [0.2, 0.25) is 0 Å². The lowest BCUT2D eigenvalue weighted by Gasteiger charge is -2.21. The molecule has 0 spiro atoms. The quantitative estimate of drug-likeness (QED) is 0.143. The molecule has 210 valence electrons. The minimum absolute atomic E-state index is 0.0543. The maximum absolute atomic E-state index is 12.0. The van der Waals surface area contributed by atoms with Gasteiger partial charge in [0, 0.05) is 5.75 Å². The predicted octanol–water partition coefficient (Wildman–Crippen LogP) is 0.509. The van der Waals surface area contributed by atoms with Crippen molar-refractivity contribution in [1.29, 1.82) is 0 Å².